The van der Waals surface area contributed by atoms with Gasteiger partial charge in [0.2, 0.25) is 5.91 Å². The highest BCUT2D eigenvalue weighted by Gasteiger charge is 2.20. The molecule has 1 heterocycles. The number of hydrogen-bond donors (Lipinski definition) is 1. The summed E-state index contributed by atoms with van der Waals surface area (Å²) in [4.78, 5) is 11.3. The summed E-state index contributed by atoms with van der Waals surface area (Å²) >= 11 is 0. The fourth-order valence-corrected chi connectivity index (χ4v) is 1.28. The third-order valence-corrected chi connectivity index (χ3v) is 2.01. The van der Waals surface area contributed by atoms with E-state index in [1.54, 1.807) is 6.08 Å². The van der Waals surface area contributed by atoms with E-state index in [-0.39, 0.29) is 11.8 Å². The van der Waals surface area contributed by atoms with Crippen LogP contribution >= 0.6 is 0 Å². The zero-order valence-electron chi connectivity index (χ0n) is 7.21. The van der Waals surface area contributed by atoms with Gasteiger partial charge < -0.3 is 10.1 Å². The molecule has 1 N–H and O–H groups in total. The predicted octanol–water partition coefficient (Wildman–Crippen LogP) is 0.715. The molecular formula is C9H15NO2. The maximum Gasteiger partial charge on any atom is 0.223 e. The van der Waals surface area contributed by atoms with E-state index in [2.05, 4.69) is 11.9 Å². The van der Waals surface area contributed by atoms with Crippen LogP contribution in [0.5, 0.6) is 0 Å². The lowest BCUT2D eigenvalue weighted by molar-refractivity contribution is -0.127. The number of amides is 1. The van der Waals surface area contributed by atoms with E-state index in [1.165, 1.54) is 0 Å². The van der Waals surface area contributed by atoms with Crippen molar-refractivity contribution < 1.29 is 9.53 Å². The van der Waals surface area contributed by atoms with Crippen LogP contribution in [-0.2, 0) is 9.53 Å². The van der Waals surface area contributed by atoms with Crippen molar-refractivity contribution in [2.75, 3.05) is 19.8 Å². The van der Waals surface area contributed by atoms with Crippen molar-refractivity contribution in [3.63, 3.8) is 0 Å². The Balaban J connectivity index is 2.24. The smallest absolute Gasteiger partial charge is 0.223 e. The van der Waals surface area contributed by atoms with Gasteiger partial charge in [-0.25, -0.2) is 0 Å². The van der Waals surface area contributed by atoms with Crippen LogP contribution in [0.15, 0.2) is 12.7 Å². The van der Waals surface area contributed by atoms with Crippen molar-refractivity contribution in [2.45, 2.75) is 12.8 Å². The maximum atomic E-state index is 11.3. The van der Waals surface area contributed by atoms with E-state index in [1.807, 2.05) is 0 Å². The molecule has 0 radical (unpaired) electrons. The molecular weight excluding hydrogens is 154 g/mol. The summed E-state index contributed by atoms with van der Waals surface area (Å²) in [5.41, 5.74) is 0. The van der Waals surface area contributed by atoms with Crippen LogP contribution in [0, 0.1) is 5.92 Å². The van der Waals surface area contributed by atoms with Crippen LogP contribution in [0.3, 0.4) is 0 Å². The van der Waals surface area contributed by atoms with Crippen molar-refractivity contribution >= 4 is 5.91 Å². The van der Waals surface area contributed by atoms with Crippen LogP contribution in [0.2, 0.25) is 0 Å². The second-order valence-electron chi connectivity index (χ2n) is 2.92. The number of ether oxygens (including phenoxy) is 1. The third kappa shape index (κ3) is 2.66. The van der Waals surface area contributed by atoms with E-state index < -0.39 is 0 Å². The maximum absolute atomic E-state index is 11.3. The average Bonchev–Trinajstić information content (AvgIpc) is 2.15. The Bertz CT molecular complexity index is 162. The minimum atomic E-state index is 0.137. The molecule has 12 heavy (non-hydrogen) atoms. The number of hydrogen-bond acceptors (Lipinski definition) is 2. The predicted molar refractivity (Wildman–Crippen MR) is 46.7 cm³/mol. The second kappa shape index (κ2) is 4.93. The Morgan fingerprint density at radius 1 is 1.58 bits per heavy atom. The van der Waals surface area contributed by atoms with Gasteiger partial charge >= 0.3 is 0 Å². The summed E-state index contributed by atoms with van der Waals surface area (Å²) in [5, 5.41) is 2.79. The zero-order chi connectivity index (χ0) is 8.81. The van der Waals surface area contributed by atoms with E-state index in [9.17, 15) is 4.79 Å². The molecule has 0 aromatic heterocycles. The highest BCUT2D eigenvalue weighted by molar-refractivity contribution is 5.78. The van der Waals surface area contributed by atoms with E-state index in [0.717, 1.165) is 12.8 Å². The van der Waals surface area contributed by atoms with E-state index >= 15 is 0 Å². The minimum Gasteiger partial charge on any atom is -0.381 e. The summed E-state index contributed by atoms with van der Waals surface area (Å²) in [6, 6.07) is 0. The lowest BCUT2D eigenvalue weighted by Crippen LogP contribution is -2.34. The van der Waals surface area contributed by atoms with Gasteiger partial charge in [-0.1, -0.05) is 6.08 Å². The molecule has 0 aromatic carbocycles. The molecule has 0 unspecified atom stereocenters. The molecule has 0 aromatic rings. The van der Waals surface area contributed by atoms with Crippen LogP contribution in [0.4, 0.5) is 0 Å². The van der Waals surface area contributed by atoms with Gasteiger partial charge in [0.05, 0.1) is 0 Å². The average molecular weight is 169 g/mol. The Hall–Kier alpha value is -0.830. The van der Waals surface area contributed by atoms with Gasteiger partial charge in [-0.2, -0.15) is 0 Å². The Morgan fingerprint density at radius 2 is 2.25 bits per heavy atom. The van der Waals surface area contributed by atoms with Gasteiger partial charge in [-0.15, -0.1) is 6.58 Å². The highest BCUT2D eigenvalue weighted by Crippen LogP contribution is 2.14. The Morgan fingerprint density at radius 3 is 2.83 bits per heavy atom. The third-order valence-electron chi connectivity index (χ3n) is 2.01. The number of rotatable bonds is 3. The minimum absolute atomic E-state index is 0.137. The van der Waals surface area contributed by atoms with Crippen molar-refractivity contribution in [1.29, 1.82) is 0 Å². The fourth-order valence-electron chi connectivity index (χ4n) is 1.28. The molecule has 3 heteroatoms. The number of carbonyl (C=O) groups is 1. The van der Waals surface area contributed by atoms with Gasteiger partial charge in [0, 0.05) is 25.7 Å². The zero-order valence-corrected chi connectivity index (χ0v) is 7.21. The molecule has 0 atom stereocenters. The second-order valence-corrected chi connectivity index (χ2v) is 2.92. The van der Waals surface area contributed by atoms with Crippen LogP contribution in [-0.4, -0.2) is 25.7 Å². The molecule has 0 bridgehead atoms. The van der Waals surface area contributed by atoms with Crippen molar-refractivity contribution in [3.05, 3.63) is 12.7 Å². The van der Waals surface area contributed by atoms with Crippen LogP contribution in [0.1, 0.15) is 12.8 Å². The summed E-state index contributed by atoms with van der Waals surface area (Å²) < 4.78 is 5.15. The number of carbonyl (C=O) groups excluding carboxylic acids is 1. The fraction of sp³-hybridized carbons (Fsp3) is 0.667. The molecule has 0 aliphatic carbocycles. The SMILES string of the molecule is C=CCNC(=O)C1CCOCC1. The first-order valence-corrected chi connectivity index (χ1v) is 4.31. The van der Waals surface area contributed by atoms with Gasteiger partial charge in [-0.05, 0) is 12.8 Å². The lowest BCUT2D eigenvalue weighted by atomic mass is 9.99. The van der Waals surface area contributed by atoms with Crippen LogP contribution in [0.25, 0.3) is 0 Å². The van der Waals surface area contributed by atoms with Gasteiger partial charge in [0.25, 0.3) is 0 Å². The normalized spacial score (nSPS) is 18.7. The van der Waals surface area contributed by atoms with Gasteiger partial charge in [0.1, 0.15) is 0 Å². The summed E-state index contributed by atoms with van der Waals surface area (Å²) in [6.45, 7) is 5.53. The molecule has 3 nitrogen and oxygen atoms in total. The number of nitrogens with one attached hydrogen (secondary N) is 1. The molecule has 1 amide bonds. The summed E-state index contributed by atoms with van der Waals surface area (Å²) in [6.07, 6.45) is 3.39. The first kappa shape index (κ1) is 9.26. The molecule has 1 saturated heterocycles. The van der Waals surface area contributed by atoms with Crippen molar-refractivity contribution in [1.82, 2.24) is 5.32 Å². The lowest BCUT2D eigenvalue weighted by Gasteiger charge is -2.20. The molecule has 1 aliphatic rings. The summed E-state index contributed by atoms with van der Waals surface area (Å²) in [7, 11) is 0. The van der Waals surface area contributed by atoms with Crippen molar-refractivity contribution in [2.24, 2.45) is 5.92 Å². The topological polar surface area (TPSA) is 38.3 Å². The quantitative estimate of drug-likeness (QED) is 0.632. The van der Waals surface area contributed by atoms with Crippen LogP contribution < -0.4 is 5.32 Å². The van der Waals surface area contributed by atoms with E-state index in [0.29, 0.717) is 19.8 Å². The Labute approximate surface area is 72.8 Å². The van der Waals surface area contributed by atoms with Crippen molar-refractivity contribution in [3.8, 4) is 0 Å². The molecule has 0 saturated carbocycles. The standard InChI is InChI=1S/C9H15NO2/c1-2-5-10-9(11)8-3-6-12-7-4-8/h2,8H,1,3-7H2,(H,10,11). The molecule has 1 aliphatic heterocycles. The van der Waals surface area contributed by atoms with E-state index in [4.69, 9.17) is 4.74 Å². The monoisotopic (exact) mass is 169 g/mol. The Kier molecular flexibility index (Phi) is 3.80. The summed E-state index contributed by atoms with van der Waals surface area (Å²) in [5.74, 6) is 0.289. The molecule has 68 valence electrons. The first-order valence-electron chi connectivity index (χ1n) is 4.31. The first-order chi connectivity index (χ1) is 5.84. The molecule has 1 rings (SSSR count). The van der Waals surface area contributed by atoms with Gasteiger partial charge in [-0.3, -0.25) is 4.79 Å². The van der Waals surface area contributed by atoms with Gasteiger partial charge in [0.15, 0.2) is 0 Å². The molecule has 0 spiro atoms. The highest BCUT2D eigenvalue weighted by atomic mass is 16.5. The largest absolute Gasteiger partial charge is 0.381 e. The molecule has 1 fully saturated rings.